The number of nitrogens with zero attached hydrogens (tertiary/aromatic N) is 2. The Hall–Kier alpha value is -4.41. The van der Waals surface area contributed by atoms with E-state index in [1.165, 1.54) is 16.7 Å². The van der Waals surface area contributed by atoms with Gasteiger partial charge in [0.15, 0.2) is 11.5 Å². The molecule has 0 amide bonds. The van der Waals surface area contributed by atoms with Crippen molar-refractivity contribution in [1.82, 2.24) is 0 Å². The zero-order valence-electron chi connectivity index (χ0n) is 32.0. The molecule has 51 heavy (non-hydrogen) atoms. The molecule has 5 heteroatoms. The monoisotopic (exact) mass is 700 g/mol. The number of ether oxygens (including phenoxy) is 2. The summed E-state index contributed by atoms with van der Waals surface area (Å²) >= 11 is 7.23. The Bertz CT molecular complexity index is 1940. The van der Waals surface area contributed by atoms with Crippen molar-refractivity contribution in [1.29, 1.82) is 0 Å². The van der Waals surface area contributed by atoms with Gasteiger partial charge >= 0.3 is 0 Å². The van der Waals surface area contributed by atoms with Crippen molar-refractivity contribution in [3.05, 3.63) is 130 Å². The summed E-state index contributed by atoms with van der Waals surface area (Å²) in [4.78, 5) is 4.59. The highest BCUT2D eigenvalue weighted by molar-refractivity contribution is 6.33. The van der Waals surface area contributed by atoms with E-state index in [9.17, 15) is 0 Å². The lowest BCUT2D eigenvalue weighted by Crippen LogP contribution is -2.16. The summed E-state index contributed by atoms with van der Waals surface area (Å²) in [6.07, 6.45) is 0.846. The molecule has 4 nitrogen and oxygen atoms in total. The number of halogens is 1. The summed E-state index contributed by atoms with van der Waals surface area (Å²) in [5.74, 6) is 1.50. The summed E-state index contributed by atoms with van der Waals surface area (Å²) in [5, 5.41) is 0.685. The molecular formula is C46H53ClN2O2. The third-order valence-corrected chi connectivity index (χ3v) is 9.89. The standard InChI is InChI=1S/C46H53ClN2O2/c1-31-26-38(48(35-17-12-32(13-18-35)44(2,3)4)36-19-14-33(15-20-36)45(5,6)7)29-39(27-31)49(41-22-16-34(28-40(41)47)46(8,9)10)37-21-23-42-43(30-37)51-25-11-24-50-42/h12-23,26-30H,11,24-25H2,1-10H3. The molecule has 0 saturated carbocycles. The number of rotatable bonds is 6. The van der Waals surface area contributed by atoms with E-state index in [0.29, 0.717) is 18.2 Å². The second-order valence-electron chi connectivity index (χ2n) is 16.9. The Morgan fingerprint density at radius 1 is 0.471 bits per heavy atom. The normalized spacial score (nSPS) is 13.5. The lowest BCUT2D eigenvalue weighted by molar-refractivity contribution is 0.297. The molecule has 0 aromatic heterocycles. The van der Waals surface area contributed by atoms with E-state index >= 15 is 0 Å². The molecule has 5 aromatic rings. The van der Waals surface area contributed by atoms with Crippen molar-refractivity contribution in [2.24, 2.45) is 0 Å². The quantitative estimate of drug-likeness (QED) is 0.176. The number of fused-ring (bicyclic) bond motifs is 1. The maximum atomic E-state index is 7.23. The Morgan fingerprint density at radius 3 is 1.45 bits per heavy atom. The van der Waals surface area contributed by atoms with E-state index in [2.05, 4.69) is 176 Å². The maximum Gasteiger partial charge on any atom is 0.163 e. The average Bonchev–Trinajstić information content (AvgIpc) is 3.30. The van der Waals surface area contributed by atoms with Gasteiger partial charge < -0.3 is 19.3 Å². The highest BCUT2D eigenvalue weighted by Crippen LogP contribution is 2.46. The van der Waals surface area contributed by atoms with Crippen LogP contribution in [0.25, 0.3) is 0 Å². The van der Waals surface area contributed by atoms with Gasteiger partial charge in [0.05, 0.1) is 29.6 Å². The van der Waals surface area contributed by atoms with Gasteiger partial charge in [-0.1, -0.05) is 104 Å². The van der Waals surface area contributed by atoms with Gasteiger partial charge in [-0.3, -0.25) is 0 Å². The van der Waals surface area contributed by atoms with Crippen LogP contribution in [-0.4, -0.2) is 13.2 Å². The average molecular weight is 701 g/mol. The van der Waals surface area contributed by atoms with Gasteiger partial charge in [0.25, 0.3) is 0 Å². The fourth-order valence-electron chi connectivity index (χ4n) is 6.54. The van der Waals surface area contributed by atoms with Gasteiger partial charge in [-0.05, 0) is 112 Å². The van der Waals surface area contributed by atoms with Crippen molar-refractivity contribution in [3.63, 3.8) is 0 Å². The summed E-state index contributed by atoms with van der Waals surface area (Å²) in [6.45, 7) is 23.6. The molecule has 0 atom stereocenters. The number of hydrogen-bond donors (Lipinski definition) is 0. The molecule has 0 fully saturated rings. The predicted molar refractivity (Wildman–Crippen MR) is 217 cm³/mol. The zero-order valence-corrected chi connectivity index (χ0v) is 32.8. The van der Waals surface area contributed by atoms with Crippen molar-refractivity contribution in [3.8, 4) is 11.5 Å². The van der Waals surface area contributed by atoms with Crippen LogP contribution in [0.15, 0.2) is 103 Å². The van der Waals surface area contributed by atoms with E-state index in [0.717, 1.165) is 57.6 Å². The summed E-state index contributed by atoms with van der Waals surface area (Å²) in [5.41, 5.74) is 11.1. The zero-order chi connectivity index (χ0) is 36.7. The first-order valence-electron chi connectivity index (χ1n) is 18.1. The van der Waals surface area contributed by atoms with Crippen molar-refractivity contribution < 1.29 is 9.47 Å². The molecule has 1 heterocycles. The van der Waals surface area contributed by atoms with Crippen molar-refractivity contribution >= 4 is 45.7 Å². The summed E-state index contributed by atoms with van der Waals surface area (Å²) in [6, 6.07) is 37.3. The van der Waals surface area contributed by atoms with Crippen molar-refractivity contribution in [2.45, 2.75) is 91.9 Å². The minimum Gasteiger partial charge on any atom is -0.490 e. The Labute approximate surface area is 311 Å². The van der Waals surface area contributed by atoms with E-state index in [-0.39, 0.29) is 16.2 Å². The predicted octanol–water partition coefficient (Wildman–Crippen LogP) is 13.6. The topological polar surface area (TPSA) is 24.9 Å². The van der Waals surface area contributed by atoms with Gasteiger partial charge in [0.1, 0.15) is 0 Å². The maximum absolute atomic E-state index is 7.23. The third-order valence-electron chi connectivity index (χ3n) is 9.59. The lowest BCUT2D eigenvalue weighted by atomic mass is 9.86. The lowest BCUT2D eigenvalue weighted by Gasteiger charge is -2.32. The van der Waals surface area contributed by atoms with Crippen LogP contribution >= 0.6 is 11.6 Å². The Kier molecular flexibility index (Phi) is 9.96. The van der Waals surface area contributed by atoms with E-state index in [4.69, 9.17) is 21.1 Å². The first-order chi connectivity index (χ1) is 24.0. The van der Waals surface area contributed by atoms with E-state index in [1.807, 2.05) is 6.07 Å². The highest BCUT2D eigenvalue weighted by Gasteiger charge is 2.24. The van der Waals surface area contributed by atoms with E-state index < -0.39 is 0 Å². The number of benzene rings is 5. The molecule has 0 N–H and O–H groups in total. The van der Waals surface area contributed by atoms with Gasteiger partial charge in [0.2, 0.25) is 0 Å². The molecule has 1 aliphatic rings. The van der Waals surface area contributed by atoms with Crippen LogP contribution in [0.4, 0.5) is 34.1 Å². The highest BCUT2D eigenvalue weighted by atomic mass is 35.5. The molecular weight excluding hydrogens is 648 g/mol. The molecule has 0 radical (unpaired) electrons. The molecule has 0 unspecified atom stereocenters. The van der Waals surface area contributed by atoms with E-state index in [1.54, 1.807) is 0 Å². The van der Waals surface area contributed by atoms with Gasteiger partial charge in [0, 0.05) is 35.2 Å². The Morgan fingerprint density at radius 2 is 0.941 bits per heavy atom. The number of anilines is 6. The van der Waals surface area contributed by atoms with Gasteiger partial charge in [-0.15, -0.1) is 0 Å². The molecule has 1 aliphatic heterocycles. The van der Waals surface area contributed by atoms with Crippen LogP contribution in [0.2, 0.25) is 5.02 Å². The minimum absolute atomic E-state index is 0.0374. The Balaban J connectivity index is 1.55. The fourth-order valence-corrected chi connectivity index (χ4v) is 6.81. The largest absolute Gasteiger partial charge is 0.490 e. The van der Waals surface area contributed by atoms with Crippen LogP contribution in [0.5, 0.6) is 11.5 Å². The molecule has 0 aliphatic carbocycles. The van der Waals surface area contributed by atoms with Crippen molar-refractivity contribution in [2.75, 3.05) is 23.0 Å². The molecule has 0 spiro atoms. The van der Waals surface area contributed by atoms with Crippen LogP contribution in [0, 0.1) is 6.92 Å². The SMILES string of the molecule is Cc1cc(N(c2ccc(C(C)(C)C)cc2)c2ccc(C(C)(C)C)cc2)cc(N(c2ccc3c(c2)OCCCO3)c2ccc(C(C)(C)C)cc2Cl)c1. The molecule has 6 rings (SSSR count). The first-order valence-corrected chi connectivity index (χ1v) is 18.5. The molecule has 266 valence electrons. The van der Waals surface area contributed by atoms with Gasteiger partial charge in [-0.25, -0.2) is 0 Å². The smallest absolute Gasteiger partial charge is 0.163 e. The van der Waals surface area contributed by atoms with Crippen LogP contribution in [0.1, 0.15) is 91.0 Å². The summed E-state index contributed by atoms with van der Waals surface area (Å²) < 4.78 is 12.2. The minimum atomic E-state index is -0.0374. The van der Waals surface area contributed by atoms with Crippen LogP contribution < -0.4 is 19.3 Å². The third kappa shape index (κ3) is 8.07. The van der Waals surface area contributed by atoms with Crippen LogP contribution in [-0.2, 0) is 16.2 Å². The summed E-state index contributed by atoms with van der Waals surface area (Å²) in [7, 11) is 0. The second kappa shape index (κ2) is 14.0. The molecule has 0 bridgehead atoms. The fraction of sp³-hybridized carbons (Fsp3) is 0.348. The number of aryl methyl sites for hydroxylation is 1. The molecule has 0 saturated heterocycles. The first kappa shape index (κ1) is 36.4. The van der Waals surface area contributed by atoms with Gasteiger partial charge in [-0.2, -0.15) is 0 Å². The second-order valence-corrected chi connectivity index (χ2v) is 17.3. The van der Waals surface area contributed by atoms with Crippen LogP contribution in [0.3, 0.4) is 0 Å². The number of hydrogen-bond acceptors (Lipinski definition) is 4. The molecule has 5 aromatic carbocycles.